The maximum absolute atomic E-state index is 12.8. The Morgan fingerprint density at radius 3 is 2.57 bits per heavy atom. The normalized spacial score (nSPS) is 11.9. The van der Waals surface area contributed by atoms with Gasteiger partial charge in [0.2, 0.25) is 10.0 Å². The minimum absolute atomic E-state index is 0.0336. The smallest absolute Gasteiger partial charge is 0.243 e. The molecule has 0 fully saturated rings. The van der Waals surface area contributed by atoms with Crippen molar-refractivity contribution in [3.8, 4) is 11.4 Å². The van der Waals surface area contributed by atoms with Gasteiger partial charge in [0.15, 0.2) is 16.8 Å². The van der Waals surface area contributed by atoms with Gasteiger partial charge in [-0.25, -0.2) is 8.42 Å². The summed E-state index contributed by atoms with van der Waals surface area (Å²) in [5.74, 6) is 0.702. The Morgan fingerprint density at radius 2 is 1.93 bits per heavy atom. The molecule has 0 saturated heterocycles. The molecule has 11 heteroatoms. The summed E-state index contributed by atoms with van der Waals surface area (Å²) in [5.41, 5.74) is 0.640. The second kappa shape index (κ2) is 9.61. The fraction of sp³-hybridized carbons (Fsp3) is 0.316. The highest BCUT2D eigenvalue weighted by atomic mass is 35.5. The first-order valence-corrected chi connectivity index (χ1v) is 12.8. The lowest BCUT2D eigenvalue weighted by Gasteiger charge is -2.18. The van der Waals surface area contributed by atoms with Crippen LogP contribution < -0.4 is 0 Å². The van der Waals surface area contributed by atoms with Crippen molar-refractivity contribution in [1.82, 2.24) is 19.1 Å². The van der Waals surface area contributed by atoms with Gasteiger partial charge >= 0.3 is 0 Å². The molecule has 1 aromatic carbocycles. The number of ketones is 1. The summed E-state index contributed by atoms with van der Waals surface area (Å²) in [7, 11) is -1.78. The van der Waals surface area contributed by atoms with Crippen LogP contribution in [0.4, 0.5) is 0 Å². The van der Waals surface area contributed by atoms with Crippen LogP contribution in [0.15, 0.2) is 46.5 Å². The maximum atomic E-state index is 12.8. The van der Waals surface area contributed by atoms with Gasteiger partial charge in [-0.3, -0.25) is 4.79 Å². The number of sulfonamides is 1. The van der Waals surface area contributed by atoms with Crippen LogP contribution in [0.25, 0.3) is 11.4 Å². The van der Waals surface area contributed by atoms with Crippen molar-refractivity contribution >= 4 is 50.5 Å². The summed E-state index contributed by atoms with van der Waals surface area (Å²) in [6.45, 7) is 4.42. The maximum Gasteiger partial charge on any atom is 0.243 e. The molecule has 0 radical (unpaired) electrons. The average Bonchev–Trinajstić information content (AvgIpc) is 3.32. The van der Waals surface area contributed by atoms with Gasteiger partial charge in [0.1, 0.15) is 0 Å². The first-order valence-electron chi connectivity index (χ1n) is 9.19. The lowest BCUT2D eigenvalue weighted by atomic mass is 10.2. The molecule has 2 aromatic heterocycles. The van der Waals surface area contributed by atoms with Crippen LogP contribution in [0.2, 0.25) is 4.34 Å². The average molecular weight is 485 g/mol. The second-order valence-corrected chi connectivity index (χ2v) is 10.9. The molecular formula is C19H21ClN4O3S3. The summed E-state index contributed by atoms with van der Waals surface area (Å²) < 4.78 is 29.4. The number of Topliss-reactive ketones (excluding diaryl/α,β-unsaturated/α-hetero) is 1. The number of aromatic nitrogens is 3. The minimum atomic E-state index is -3.57. The summed E-state index contributed by atoms with van der Waals surface area (Å²) in [6, 6.07) is 10.1. The summed E-state index contributed by atoms with van der Waals surface area (Å²) in [5, 5.41) is 8.93. The third-order valence-corrected chi connectivity index (χ3v) is 8.79. The number of thioether (sulfide) groups is 1. The Labute approximate surface area is 189 Å². The van der Waals surface area contributed by atoms with E-state index >= 15 is 0 Å². The van der Waals surface area contributed by atoms with Gasteiger partial charge in [0, 0.05) is 25.7 Å². The van der Waals surface area contributed by atoms with Gasteiger partial charge in [-0.1, -0.05) is 49.3 Å². The SMILES string of the molecule is CCN(CC)S(=O)(=O)c1cccc(-c2nnc(SCC(=O)c3ccc(Cl)s3)n2C)c1. The van der Waals surface area contributed by atoms with Gasteiger partial charge < -0.3 is 4.57 Å². The number of benzene rings is 1. The van der Waals surface area contributed by atoms with Crippen LogP contribution in [0.3, 0.4) is 0 Å². The van der Waals surface area contributed by atoms with E-state index in [0.29, 0.717) is 38.8 Å². The highest BCUT2D eigenvalue weighted by Crippen LogP contribution is 2.27. The number of carbonyl (C=O) groups is 1. The molecule has 0 bridgehead atoms. The fourth-order valence-corrected chi connectivity index (χ4v) is 6.24. The Hall–Kier alpha value is -1.72. The molecular weight excluding hydrogens is 464 g/mol. The van der Waals surface area contributed by atoms with Crippen LogP contribution >= 0.6 is 34.7 Å². The number of hydrogen-bond acceptors (Lipinski definition) is 7. The molecule has 3 aromatic rings. The highest BCUT2D eigenvalue weighted by Gasteiger charge is 2.23. The van der Waals surface area contributed by atoms with E-state index in [1.807, 2.05) is 13.8 Å². The van der Waals surface area contributed by atoms with Crippen molar-refractivity contribution in [2.45, 2.75) is 23.9 Å². The predicted octanol–water partition coefficient (Wildman–Crippen LogP) is 4.20. The second-order valence-electron chi connectivity index (χ2n) is 6.30. The van der Waals surface area contributed by atoms with Crippen molar-refractivity contribution in [3.05, 3.63) is 45.6 Å². The van der Waals surface area contributed by atoms with Crippen LogP contribution in [-0.2, 0) is 17.1 Å². The molecule has 0 atom stereocenters. The molecule has 30 heavy (non-hydrogen) atoms. The molecule has 0 aliphatic heterocycles. The molecule has 160 valence electrons. The first kappa shape index (κ1) is 23.0. The standard InChI is InChI=1S/C19H21ClN4O3S3/c1-4-24(5-2)30(26,27)14-8-6-7-13(11-14)18-21-22-19(23(18)3)28-12-15(25)16-9-10-17(20)29-16/h6-11H,4-5,12H2,1-3H3. The topological polar surface area (TPSA) is 85.2 Å². The molecule has 0 spiro atoms. The predicted molar refractivity (Wildman–Crippen MR) is 121 cm³/mol. The van der Waals surface area contributed by atoms with Crippen LogP contribution in [0, 0.1) is 0 Å². The number of rotatable bonds is 9. The van der Waals surface area contributed by atoms with E-state index in [4.69, 9.17) is 11.6 Å². The Balaban J connectivity index is 1.81. The zero-order chi connectivity index (χ0) is 21.9. The number of nitrogens with zero attached hydrogens (tertiary/aromatic N) is 4. The van der Waals surface area contributed by atoms with Crippen LogP contribution in [0.5, 0.6) is 0 Å². The lowest BCUT2D eigenvalue weighted by molar-refractivity contribution is 0.102. The molecule has 2 heterocycles. The van der Waals surface area contributed by atoms with Crippen LogP contribution in [-0.4, -0.2) is 52.1 Å². The lowest BCUT2D eigenvalue weighted by Crippen LogP contribution is -2.30. The fourth-order valence-electron chi connectivity index (χ4n) is 2.87. The molecule has 0 aliphatic rings. The van der Waals surface area contributed by atoms with E-state index < -0.39 is 10.0 Å². The van der Waals surface area contributed by atoms with Gasteiger partial charge in [-0.05, 0) is 24.3 Å². The van der Waals surface area contributed by atoms with Crippen LogP contribution in [0.1, 0.15) is 23.5 Å². The van der Waals surface area contributed by atoms with E-state index in [0.717, 1.165) is 0 Å². The monoisotopic (exact) mass is 484 g/mol. The molecule has 7 nitrogen and oxygen atoms in total. The molecule has 0 amide bonds. The quantitative estimate of drug-likeness (QED) is 0.334. The highest BCUT2D eigenvalue weighted by molar-refractivity contribution is 7.99. The van der Waals surface area contributed by atoms with Gasteiger partial charge in [0.05, 0.1) is 19.9 Å². The van der Waals surface area contributed by atoms with Crippen molar-refractivity contribution in [3.63, 3.8) is 0 Å². The molecule has 0 N–H and O–H groups in total. The molecule has 0 unspecified atom stereocenters. The van der Waals surface area contributed by atoms with Gasteiger partial charge in [0.25, 0.3) is 0 Å². The first-order chi connectivity index (χ1) is 14.3. The van der Waals surface area contributed by atoms with E-state index in [1.54, 1.807) is 48.0 Å². The Kier molecular flexibility index (Phi) is 7.35. The largest absolute Gasteiger partial charge is 0.305 e. The van der Waals surface area contributed by atoms with E-state index in [2.05, 4.69) is 10.2 Å². The number of halogens is 1. The summed E-state index contributed by atoms with van der Waals surface area (Å²) in [6.07, 6.45) is 0. The van der Waals surface area contributed by atoms with E-state index in [9.17, 15) is 13.2 Å². The van der Waals surface area contributed by atoms with Crippen molar-refractivity contribution < 1.29 is 13.2 Å². The number of thiophene rings is 1. The van der Waals surface area contributed by atoms with Crippen molar-refractivity contribution in [2.75, 3.05) is 18.8 Å². The van der Waals surface area contributed by atoms with E-state index in [-0.39, 0.29) is 16.4 Å². The van der Waals surface area contributed by atoms with Gasteiger partial charge in [-0.15, -0.1) is 21.5 Å². The van der Waals surface area contributed by atoms with Gasteiger partial charge in [-0.2, -0.15) is 4.31 Å². The Bertz CT molecular complexity index is 1150. The molecule has 0 saturated carbocycles. The third-order valence-electron chi connectivity index (χ3n) is 4.45. The zero-order valence-corrected chi connectivity index (χ0v) is 19.9. The van der Waals surface area contributed by atoms with E-state index in [1.165, 1.54) is 27.4 Å². The Morgan fingerprint density at radius 1 is 1.20 bits per heavy atom. The number of carbonyl (C=O) groups excluding carboxylic acids is 1. The number of hydrogen-bond donors (Lipinski definition) is 0. The van der Waals surface area contributed by atoms with Crippen molar-refractivity contribution in [1.29, 1.82) is 0 Å². The van der Waals surface area contributed by atoms with Crippen molar-refractivity contribution in [2.24, 2.45) is 7.05 Å². The third kappa shape index (κ3) is 4.78. The summed E-state index contributed by atoms with van der Waals surface area (Å²) in [4.78, 5) is 13.1. The summed E-state index contributed by atoms with van der Waals surface area (Å²) >= 11 is 8.41. The molecule has 3 rings (SSSR count). The zero-order valence-electron chi connectivity index (χ0n) is 16.7. The molecule has 0 aliphatic carbocycles. The minimum Gasteiger partial charge on any atom is -0.305 e.